The van der Waals surface area contributed by atoms with Gasteiger partial charge in [-0.2, -0.15) is 0 Å². The first-order chi connectivity index (χ1) is 9.29. The number of fused-ring (bicyclic) bond motifs is 3. The molecule has 0 saturated heterocycles. The molecule has 0 atom stereocenters. The largest absolute Gasteiger partial charge is 0.344 e. The number of nitrogens with zero attached hydrogens (tertiary/aromatic N) is 1. The zero-order valence-electron chi connectivity index (χ0n) is 10.7. The minimum atomic E-state index is 0.801. The van der Waals surface area contributed by atoms with Crippen molar-refractivity contribution in [3.8, 4) is 11.3 Å². The van der Waals surface area contributed by atoms with Crippen LogP contribution < -0.4 is 5.32 Å². The van der Waals surface area contributed by atoms with Gasteiger partial charge in [0, 0.05) is 22.7 Å². The number of hydrogen-bond donors (Lipinski definition) is 2. The third-order valence-corrected chi connectivity index (χ3v) is 4.17. The number of aromatic amines is 1. The van der Waals surface area contributed by atoms with E-state index in [4.69, 9.17) is 16.6 Å². The van der Waals surface area contributed by atoms with Crippen molar-refractivity contribution in [2.24, 2.45) is 5.92 Å². The second-order valence-corrected chi connectivity index (χ2v) is 6.00. The van der Waals surface area contributed by atoms with Gasteiger partial charge < -0.3 is 10.3 Å². The molecule has 4 rings (SSSR count). The Hall–Kier alpha value is -1.32. The smallest absolute Gasteiger partial charge is 0.121 e. The van der Waals surface area contributed by atoms with E-state index in [2.05, 4.69) is 16.4 Å². The maximum atomic E-state index is 6.03. The first-order valence-corrected chi connectivity index (χ1v) is 7.24. The van der Waals surface area contributed by atoms with Gasteiger partial charge in [0.2, 0.25) is 0 Å². The first-order valence-electron chi connectivity index (χ1n) is 6.87. The second-order valence-electron chi connectivity index (χ2n) is 5.56. The van der Waals surface area contributed by atoms with Crippen LogP contribution in [-0.2, 0) is 13.0 Å². The fourth-order valence-corrected chi connectivity index (χ4v) is 2.94. The first kappa shape index (κ1) is 11.5. The van der Waals surface area contributed by atoms with Gasteiger partial charge in [0.15, 0.2) is 0 Å². The Morgan fingerprint density at radius 2 is 2.26 bits per heavy atom. The van der Waals surface area contributed by atoms with Gasteiger partial charge in [0.05, 0.1) is 12.2 Å². The van der Waals surface area contributed by atoms with Crippen molar-refractivity contribution in [2.45, 2.75) is 25.8 Å². The van der Waals surface area contributed by atoms with Crippen LogP contribution in [0.4, 0.5) is 0 Å². The lowest BCUT2D eigenvalue weighted by Crippen LogP contribution is -2.17. The maximum absolute atomic E-state index is 6.03. The topological polar surface area (TPSA) is 40.7 Å². The predicted octanol–water partition coefficient (Wildman–Crippen LogP) is 3.13. The van der Waals surface area contributed by atoms with Gasteiger partial charge in [0.1, 0.15) is 5.82 Å². The van der Waals surface area contributed by atoms with Crippen LogP contribution in [0.15, 0.2) is 18.2 Å². The summed E-state index contributed by atoms with van der Waals surface area (Å²) in [7, 11) is 0. The van der Waals surface area contributed by atoms with Crippen molar-refractivity contribution in [3.63, 3.8) is 0 Å². The molecule has 0 aliphatic heterocycles. The van der Waals surface area contributed by atoms with Gasteiger partial charge in [-0.15, -0.1) is 0 Å². The number of H-pyrrole nitrogens is 1. The Morgan fingerprint density at radius 1 is 1.37 bits per heavy atom. The SMILES string of the molecule is Clc1ccc2c(c1)Cc1[nH]c(CNCC3CC3)nc1-2. The molecule has 1 heterocycles. The summed E-state index contributed by atoms with van der Waals surface area (Å²) in [4.78, 5) is 8.16. The number of rotatable bonds is 4. The molecule has 0 radical (unpaired) electrons. The normalized spacial score (nSPS) is 16.5. The van der Waals surface area contributed by atoms with Crippen molar-refractivity contribution in [1.82, 2.24) is 15.3 Å². The summed E-state index contributed by atoms with van der Waals surface area (Å²) in [5, 5.41) is 4.27. The Kier molecular flexibility index (Phi) is 2.64. The molecule has 0 bridgehead atoms. The van der Waals surface area contributed by atoms with E-state index in [0.29, 0.717) is 0 Å². The Labute approximate surface area is 117 Å². The molecular formula is C15H16ClN3. The molecule has 1 aromatic heterocycles. The highest BCUT2D eigenvalue weighted by Gasteiger charge is 2.23. The lowest BCUT2D eigenvalue weighted by molar-refractivity contribution is 0.622. The molecule has 4 heteroatoms. The minimum absolute atomic E-state index is 0.801. The lowest BCUT2D eigenvalue weighted by Gasteiger charge is -2.02. The van der Waals surface area contributed by atoms with Gasteiger partial charge >= 0.3 is 0 Å². The van der Waals surface area contributed by atoms with Crippen LogP contribution in [-0.4, -0.2) is 16.5 Å². The van der Waals surface area contributed by atoms with Crippen LogP contribution in [0.2, 0.25) is 5.02 Å². The van der Waals surface area contributed by atoms with E-state index in [9.17, 15) is 0 Å². The van der Waals surface area contributed by atoms with E-state index in [-0.39, 0.29) is 0 Å². The molecule has 2 aliphatic carbocycles. The number of hydrogen-bond acceptors (Lipinski definition) is 2. The molecule has 1 fully saturated rings. The Morgan fingerprint density at radius 3 is 3.11 bits per heavy atom. The molecular weight excluding hydrogens is 258 g/mol. The molecule has 2 N–H and O–H groups in total. The summed E-state index contributed by atoms with van der Waals surface area (Å²) in [6.45, 7) is 1.96. The van der Waals surface area contributed by atoms with Crippen LogP contribution in [0.3, 0.4) is 0 Å². The molecule has 0 amide bonds. The summed E-state index contributed by atoms with van der Waals surface area (Å²) in [6, 6.07) is 6.05. The summed E-state index contributed by atoms with van der Waals surface area (Å²) in [5.74, 6) is 1.95. The highest BCUT2D eigenvalue weighted by Crippen LogP contribution is 2.36. The van der Waals surface area contributed by atoms with Crippen LogP contribution in [0.25, 0.3) is 11.3 Å². The quantitative estimate of drug-likeness (QED) is 0.767. The van der Waals surface area contributed by atoms with E-state index in [1.807, 2.05) is 12.1 Å². The van der Waals surface area contributed by atoms with Crippen molar-refractivity contribution >= 4 is 11.6 Å². The number of aromatic nitrogens is 2. The molecule has 19 heavy (non-hydrogen) atoms. The van der Waals surface area contributed by atoms with Gasteiger partial charge in [-0.1, -0.05) is 17.7 Å². The molecule has 1 aromatic carbocycles. The summed E-state index contributed by atoms with van der Waals surface area (Å²) in [5.41, 5.74) is 4.83. The average molecular weight is 274 g/mol. The monoisotopic (exact) mass is 273 g/mol. The average Bonchev–Trinajstić information content (AvgIpc) is 3.02. The molecule has 0 unspecified atom stereocenters. The molecule has 3 nitrogen and oxygen atoms in total. The van der Waals surface area contributed by atoms with E-state index in [0.717, 1.165) is 42.0 Å². The fraction of sp³-hybridized carbons (Fsp3) is 0.400. The fourth-order valence-electron chi connectivity index (χ4n) is 2.74. The minimum Gasteiger partial charge on any atom is -0.344 e. The van der Waals surface area contributed by atoms with Gasteiger partial charge in [-0.25, -0.2) is 4.98 Å². The van der Waals surface area contributed by atoms with Crippen LogP contribution >= 0.6 is 11.6 Å². The molecule has 98 valence electrons. The molecule has 0 spiro atoms. The summed E-state index contributed by atoms with van der Waals surface area (Å²) >= 11 is 6.03. The van der Waals surface area contributed by atoms with E-state index in [1.165, 1.54) is 29.7 Å². The highest BCUT2D eigenvalue weighted by molar-refractivity contribution is 6.30. The standard InChI is InChI=1S/C15H16ClN3/c16-11-3-4-12-10(5-11)6-13-15(12)19-14(18-13)8-17-7-9-1-2-9/h3-5,9,17H,1-2,6-8H2,(H,18,19). The van der Waals surface area contributed by atoms with Crippen LogP contribution in [0.1, 0.15) is 29.9 Å². The van der Waals surface area contributed by atoms with Crippen molar-refractivity contribution in [1.29, 1.82) is 0 Å². The third kappa shape index (κ3) is 2.17. The number of benzene rings is 1. The molecule has 2 aromatic rings. The van der Waals surface area contributed by atoms with Crippen LogP contribution in [0.5, 0.6) is 0 Å². The number of imidazole rings is 1. The summed E-state index contributed by atoms with van der Waals surface area (Å²) < 4.78 is 0. The predicted molar refractivity (Wildman–Crippen MR) is 76.3 cm³/mol. The maximum Gasteiger partial charge on any atom is 0.121 e. The van der Waals surface area contributed by atoms with Crippen molar-refractivity contribution < 1.29 is 0 Å². The zero-order chi connectivity index (χ0) is 12.8. The Balaban J connectivity index is 1.53. The van der Waals surface area contributed by atoms with E-state index < -0.39 is 0 Å². The zero-order valence-corrected chi connectivity index (χ0v) is 11.4. The van der Waals surface area contributed by atoms with E-state index in [1.54, 1.807) is 0 Å². The van der Waals surface area contributed by atoms with Crippen molar-refractivity contribution in [3.05, 3.63) is 40.3 Å². The molecule has 1 saturated carbocycles. The number of halogens is 1. The highest BCUT2D eigenvalue weighted by atomic mass is 35.5. The lowest BCUT2D eigenvalue weighted by atomic mass is 10.1. The molecule has 2 aliphatic rings. The summed E-state index contributed by atoms with van der Waals surface area (Å²) in [6.07, 6.45) is 3.69. The van der Waals surface area contributed by atoms with E-state index >= 15 is 0 Å². The van der Waals surface area contributed by atoms with Crippen LogP contribution in [0, 0.1) is 5.92 Å². The second kappa shape index (κ2) is 4.36. The van der Waals surface area contributed by atoms with Gasteiger partial charge in [-0.3, -0.25) is 0 Å². The Bertz CT molecular complexity index is 628. The van der Waals surface area contributed by atoms with Crippen molar-refractivity contribution in [2.75, 3.05) is 6.54 Å². The van der Waals surface area contributed by atoms with Gasteiger partial charge in [0.25, 0.3) is 0 Å². The number of nitrogens with one attached hydrogen (secondary N) is 2. The van der Waals surface area contributed by atoms with Gasteiger partial charge in [-0.05, 0) is 43.0 Å². The third-order valence-electron chi connectivity index (χ3n) is 3.94.